The van der Waals surface area contributed by atoms with Crippen molar-refractivity contribution in [2.75, 3.05) is 20.3 Å². The Morgan fingerprint density at radius 2 is 1.66 bits per heavy atom. The largest absolute Gasteiger partial charge is 0.490 e. The number of carbonyl (C=O) groups is 2. The molecule has 0 bridgehead atoms. The lowest BCUT2D eigenvalue weighted by atomic mass is 9.98. The number of carboxylic acid groups (broad SMARTS) is 2. The second-order valence-electron chi connectivity index (χ2n) is 8.90. The van der Waals surface area contributed by atoms with Gasteiger partial charge in [0, 0.05) is 50.5 Å². The Bertz CT molecular complexity index is 1050. The van der Waals surface area contributed by atoms with Crippen molar-refractivity contribution in [2.24, 2.45) is 5.92 Å². The summed E-state index contributed by atoms with van der Waals surface area (Å²) in [5, 5.41) is 18.3. The van der Waals surface area contributed by atoms with Crippen LogP contribution in [0, 0.1) is 19.8 Å². The van der Waals surface area contributed by atoms with Crippen LogP contribution in [0.1, 0.15) is 47.2 Å². The van der Waals surface area contributed by atoms with Gasteiger partial charge in [-0.05, 0) is 32.6 Å². The van der Waals surface area contributed by atoms with Crippen LogP contribution >= 0.6 is 0 Å². The number of methoxy groups -OCH3 is 1. The topological polar surface area (TPSA) is 131 Å². The van der Waals surface area contributed by atoms with E-state index in [9.17, 15) is 26.3 Å². The fourth-order valence-corrected chi connectivity index (χ4v) is 3.83. The molecule has 4 rings (SSSR count). The average Bonchev–Trinajstić information content (AvgIpc) is 3.45. The predicted molar refractivity (Wildman–Crippen MR) is 117 cm³/mol. The number of alkyl halides is 6. The molecule has 38 heavy (non-hydrogen) atoms. The van der Waals surface area contributed by atoms with Crippen molar-refractivity contribution in [2.45, 2.75) is 64.6 Å². The van der Waals surface area contributed by atoms with Crippen molar-refractivity contribution in [1.29, 1.82) is 0 Å². The normalized spacial score (nSPS) is 17.6. The summed E-state index contributed by atoms with van der Waals surface area (Å²) in [5.41, 5.74) is 4.78. The molecule has 1 aliphatic heterocycles. The molecular formula is C22H28F6N4O6. The monoisotopic (exact) mass is 558 g/mol. The first-order chi connectivity index (χ1) is 17.5. The number of ether oxygens (including phenoxy) is 1. The zero-order chi connectivity index (χ0) is 28.8. The molecule has 1 fully saturated rings. The molecule has 1 aliphatic carbocycles. The summed E-state index contributed by atoms with van der Waals surface area (Å²) in [5.74, 6) is -3.37. The fraction of sp³-hybridized carbons (Fsp3) is 0.636. The first kappa shape index (κ1) is 31.1. The minimum absolute atomic E-state index is 0.375. The second kappa shape index (κ2) is 12.6. The van der Waals surface area contributed by atoms with Crippen molar-refractivity contribution in [1.82, 2.24) is 19.6 Å². The lowest BCUT2D eigenvalue weighted by molar-refractivity contribution is -0.193. The summed E-state index contributed by atoms with van der Waals surface area (Å²) >= 11 is 0. The molecule has 10 nitrogen and oxygen atoms in total. The van der Waals surface area contributed by atoms with Gasteiger partial charge in [0.05, 0.1) is 24.3 Å². The van der Waals surface area contributed by atoms with E-state index in [4.69, 9.17) is 34.0 Å². The SMILES string of the molecule is COCC1CN(Cc2c(C)noc2C)Cc2ncn(CC3CC3)c21.O=C(O)C(F)(F)F.O=C(O)C(F)(F)F. The van der Waals surface area contributed by atoms with Gasteiger partial charge in [0.1, 0.15) is 5.76 Å². The van der Waals surface area contributed by atoms with Gasteiger partial charge in [0.15, 0.2) is 0 Å². The van der Waals surface area contributed by atoms with Gasteiger partial charge in [0.25, 0.3) is 0 Å². The molecule has 2 N–H and O–H groups in total. The molecule has 0 amide bonds. The molecule has 16 heteroatoms. The molecule has 0 aromatic carbocycles. The third-order valence-electron chi connectivity index (χ3n) is 5.76. The minimum atomic E-state index is -5.08. The highest BCUT2D eigenvalue weighted by molar-refractivity contribution is 5.73. The zero-order valence-corrected chi connectivity index (χ0v) is 20.8. The standard InChI is InChI=1S/C18H26N4O2.2C2HF3O2/c1-12-16(13(2)24-20-12)8-21-7-15(10-23-3)18-17(9-21)19-11-22(18)6-14-4-5-14;2*3-2(4,5)1(6)7/h11,14-15H,4-10H2,1-3H3;2*(H,6,7). The van der Waals surface area contributed by atoms with Gasteiger partial charge >= 0.3 is 24.3 Å². The summed E-state index contributed by atoms with van der Waals surface area (Å²) in [7, 11) is 1.79. The van der Waals surface area contributed by atoms with E-state index < -0.39 is 24.3 Å². The second-order valence-corrected chi connectivity index (χ2v) is 8.90. The Hall–Kier alpha value is -3.14. The van der Waals surface area contributed by atoms with Crippen LogP contribution in [0.2, 0.25) is 0 Å². The van der Waals surface area contributed by atoms with Crippen LogP contribution in [0.4, 0.5) is 26.3 Å². The number of halogens is 6. The van der Waals surface area contributed by atoms with E-state index in [0.29, 0.717) is 5.92 Å². The summed E-state index contributed by atoms with van der Waals surface area (Å²) in [6, 6.07) is 0. The number of aromatic nitrogens is 3. The van der Waals surface area contributed by atoms with Gasteiger partial charge in [-0.2, -0.15) is 26.3 Å². The van der Waals surface area contributed by atoms with Crippen LogP contribution in [0.25, 0.3) is 0 Å². The lowest BCUT2D eigenvalue weighted by Gasteiger charge is -2.33. The van der Waals surface area contributed by atoms with Crippen LogP contribution in [0.5, 0.6) is 0 Å². The molecular weight excluding hydrogens is 530 g/mol. The molecule has 0 saturated heterocycles. The maximum Gasteiger partial charge on any atom is 0.490 e. The molecule has 1 atom stereocenters. The number of aliphatic carboxylic acids is 2. The van der Waals surface area contributed by atoms with Crippen molar-refractivity contribution in [3.63, 3.8) is 0 Å². The molecule has 2 aliphatic rings. The number of aryl methyl sites for hydroxylation is 2. The third-order valence-corrected chi connectivity index (χ3v) is 5.76. The Morgan fingerprint density at radius 3 is 2.08 bits per heavy atom. The van der Waals surface area contributed by atoms with E-state index in [1.807, 2.05) is 20.2 Å². The molecule has 3 heterocycles. The summed E-state index contributed by atoms with van der Waals surface area (Å²) in [6.45, 7) is 8.59. The van der Waals surface area contributed by atoms with Gasteiger partial charge < -0.3 is 24.0 Å². The lowest BCUT2D eigenvalue weighted by Crippen LogP contribution is -2.36. The Labute approximate surface area is 213 Å². The fourth-order valence-electron chi connectivity index (χ4n) is 3.83. The van der Waals surface area contributed by atoms with Gasteiger partial charge in [-0.15, -0.1) is 0 Å². The summed E-state index contributed by atoms with van der Waals surface area (Å²) < 4.78 is 76.7. The van der Waals surface area contributed by atoms with E-state index in [2.05, 4.69) is 14.6 Å². The first-order valence-electron chi connectivity index (χ1n) is 11.3. The van der Waals surface area contributed by atoms with Crippen LogP contribution in [0.15, 0.2) is 10.9 Å². The first-order valence-corrected chi connectivity index (χ1v) is 11.3. The van der Waals surface area contributed by atoms with Crippen LogP contribution < -0.4 is 0 Å². The molecule has 214 valence electrons. The molecule has 0 radical (unpaired) electrons. The smallest absolute Gasteiger partial charge is 0.475 e. The third kappa shape index (κ3) is 9.01. The van der Waals surface area contributed by atoms with Crippen molar-refractivity contribution < 1.29 is 55.4 Å². The zero-order valence-electron chi connectivity index (χ0n) is 20.8. The number of rotatable bonds is 6. The molecule has 2 aromatic heterocycles. The van der Waals surface area contributed by atoms with Crippen LogP contribution in [0.3, 0.4) is 0 Å². The average molecular weight is 558 g/mol. The predicted octanol–water partition coefficient (Wildman–Crippen LogP) is 3.91. The van der Waals surface area contributed by atoms with Gasteiger partial charge in [-0.25, -0.2) is 14.6 Å². The number of nitrogens with zero attached hydrogens (tertiary/aromatic N) is 4. The molecule has 0 spiro atoms. The van der Waals surface area contributed by atoms with E-state index in [1.54, 1.807) is 7.11 Å². The van der Waals surface area contributed by atoms with Gasteiger partial charge in [0.2, 0.25) is 0 Å². The van der Waals surface area contributed by atoms with Crippen LogP contribution in [-0.4, -0.2) is 74.4 Å². The highest BCUT2D eigenvalue weighted by atomic mass is 19.4. The van der Waals surface area contributed by atoms with E-state index in [-0.39, 0.29) is 0 Å². The minimum Gasteiger partial charge on any atom is -0.475 e. The molecule has 1 saturated carbocycles. The van der Waals surface area contributed by atoms with Gasteiger partial charge in [-0.1, -0.05) is 5.16 Å². The van der Waals surface area contributed by atoms with E-state index in [0.717, 1.165) is 50.2 Å². The molecule has 2 aromatic rings. The van der Waals surface area contributed by atoms with Gasteiger partial charge in [-0.3, -0.25) is 4.90 Å². The van der Waals surface area contributed by atoms with Crippen molar-refractivity contribution in [3.05, 3.63) is 34.7 Å². The maximum atomic E-state index is 10.6. The van der Waals surface area contributed by atoms with E-state index >= 15 is 0 Å². The van der Waals surface area contributed by atoms with E-state index in [1.165, 1.54) is 29.8 Å². The Balaban J connectivity index is 0.000000301. The highest BCUT2D eigenvalue weighted by Gasteiger charge is 2.39. The molecule has 1 unspecified atom stereocenters. The highest BCUT2D eigenvalue weighted by Crippen LogP contribution is 2.35. The van der Waals surface area contributed by atoms with Crippen LogP contribution in [-0.2, 0) is 34.0 Å². The van der Waals surface area contributed by atoms with Crippen molar-refractivity contribution >= 4 is 11.9 Å². The Morgan fingerprint density at radius 1 is 1.11 bits per heavy atom. The summed E-state index contributed by atoms with van der Waals surface area (Å²) in [4.78, 5) is 25.0. The number of fused-ring (bicyclic) bond motifs is 1. The Kier molecular flexibility index (Phi) is 10.3. The summed E-state index contributed by atoms with van der Waals surface area (Å²) in [6.07, 6.45) is -5.41. The van der Waals surface area contributed by atoms with Crippen molar-refractivity contribution in [3.8, 4) is 0 Å². The number of hydrogen-bond donors (Lipinski definition) is 2. The maximum absolute atomic E-state index is 10.6. The quantitative estimate of drug-likeness (QED) is 0.507. The number of imidazole rings is 1. The number of hydrogen-bond acceptors (Lipinski definition) is 7. The number of carboxylic acids is 2.